The molecule has 1 aromatic carbocycles. The Morgan fingerprint density at radius 3 is 2.78 bits per heavy atom. The maximum Gasteiger partial charge on any atom is 0.251 e. The highest BCUT2D eigenvalue weighted by Gasteiger charge is 2.09. The lowest BCUT2D eigenvalue weighted by molar-refractivity contribution is 0.100. The van der Waals surface area contributed by atoms with Gasteiger partial charge in [-0.2, -0.15) is 5.10 Å². The zero-order chi connectivity index (χ0) is 13.1. The van der Waals surface area contributed by atoms with Crippen LogP contribution in [0.2, 0.25) is 0 Å². The molecule has 18 heavy (non-hydrogen) atoms. The van der Waals surface area contributed by atoms with Crippen molar-refractivity contribution in [2.75, 3.05) is 6.54 Å². The monoisotopic (exact) mass is 248 g/mol. The van der Waals surface area contributed by atoms with Gasteiger partial charge in [0.15, 0.2) is 0 Å². The molecule has 2 rings (SSSR count). The highest BCUT2D eigenvalue weighted by Crippen LogP contribution is 2.15. The van der Waals surface area contributed by atoms with E-state index < -0.39 is 11.7 Å². The summed E-state index contributed by atoms with van der Waals surface area (Å²) in [5.74, 6) is -1.01. The van der Waals surface area contributed by atoms with Gasteiger partial charge in [0.25, 0.3) is 5.91 Å². The highest BCUT2D eigenvalue weighted by atomic mass is 19.1. The molecule has 5 nitrogen and oxygen atoms in total. The number of halogens is 1. The highest BCUT2D eigenvalue weighted by molar-refractivity contribution is 5.92. The number of nitrogens with zero attached hydrogens (tertiary/aromatic N) is 2. The van der Waals surface area contributed by atoms with Crippen LogP contribution in [0.4, 0.5) is 4.39 Å². The lowest BCUT2D eigenvalue weighted by Crippen LogP contribution is -2.09. The minimum absolute atomic E-state index is 0.237. The van der Waals surface area contributed by atoms with Crippen molar-refractivity contribution >= 4 is 5.91 Å². The minimum Gasteiger partial charge on any atom is -0.366 e. The molecule has 2 aromatic rings. The van der Waals surface area contributed by atoms with Crippen LogP contribution in [0, 0.1) is 5.82 Å². The Morgan fingerprint density at radius 1 is 1.44 bits per heavy atom. The first kappa shape index (κ1) is 12.3. The third kappa shape index (κ3) is 2.38. The van der Waals surface area contributed by atoms with Crippen molar-refractivity contribution in [3.05, 3.63) is 47.5 Å². The number of hydrogen-bond acceptors (Lipinski definition) is 3. The van der Waals surface area contributed by atoms with E-state index in [1.165, 1.54) is 23.1 Å². The van der Waals surface area contributed by atoms with E-state index in [2.05, 4.69) is 5.10 Å². The molecule has 0 bridgehead atoms. The van der Waals surface area contributed by atoms with Gasteiger partial charge in [-0.1, -0.05) is 6.07 Å². The van der Waals surface area contributed by atoms with Gasteiger partial charge in [-0.3, -0.25) is 4.79 Å². The predicted molar refractivity (Wildman–Crippen MR) is 64.8 cm³/mol. The van der Waals surface area contributed by atoms with Crippen LogP contribution in [0.1, 0.15) is 15.9 Å². The normalized spacial score (nSPS) is 10.6. The number of primary amides is 1. The zero-order valence-electron chi connectivity index (χ0n) is 9.64. The van der Waals surface area contributed by atoms with Gasteiger partial charge in [0.1, 0.15) is 11.5 Å². The Balaban J connectivity index is 2.35. The summed E-state index contributed by atoms with van der Waals surface area (Å²) in [5.41, 5.74) is 11.8. The Hall–Kier alpha value is -2.21. The van der Waals surface area contributed by atoms with Gasteiger partial charge in [-0.15, -0.1) is 0 Å². The van der Waals surface area contributed by atoms with Crippen LogP contribution in [0.25, 0.3) is 5.69 Å². The van der Waals surface area contributed by atoms with Crippen LogP contribution in [-0.4, -0.2) is 22.2 Å². The number of aromatic nitrogens is 2. The molecule has 0 saturated heterocycles. The quantitative estimate of drug-likeness (QED) is 0.831. The SMILES string of the molecule is NCCc1ccc(-n2cc(C(N)=O)cn2)c(F)c1. The lowest BCUT2D eigenvalue weighted by Gasteiger charge is -2.05. The van der Waals surface area contributed by atoms with Crippen LogP contribution in [0.5, 0.6) is 0 Å². The third-order valence-corrected chi connectivity index (χ3v) is 2.56. The molecule has 0 fully saturated rings. The number of nitrogens with two attached hydrogens (primary N) is 2. The Morgan fingerprint density at radius 2 is 2.22 bits per heavy atom. The largest absolute Gasteiger partial charge is 0.366 e. The van der Waals surface area contributed by atoms with Crippen molar-refractivity contribution in [1.29, 1.82) is 0 Å². The van der Waals surface area contributed by atoms with Gasteiger partial charge < -0.3 is 11.5 Å². The first-order chi connectivity index (χ1) is 8.61. The fourth-order valence-electron chi connectivity index (χ4n) is 1.64. The first-order valence-corrected chi connectivity index (χ1v) is 5.45. The maximum absolute atomic E-state index is 13.9. The number of carbonyl (C=O) groups is 1. The van der Waals surface area contributed by atoms with Gasteiger partial charge >= 0.3 is 0 Å². The van der Waals surface area contributed by atoms with Gasteiger partial charge in [0.05, 0.1) is 11.8 Å². The van der Waals surface area contributed by atoms with Crippen LogP contribution < -0.4 is 11.5 Å². The van der Waals surface area contributed by atoms with Crippen molar-refractivity contribution in [3.63, 3.8) is 0 Å². The van der Waals surface area contributed by atoms with Gasteiger partial charge in [0.2, 0.25) is 0 Å². The second-order valence-corrected chi connectivity index (χ2v) is 3.86. The van der Waals surface area contributed by atoms with Crippen molar-refractivity contribution in [2.45, 2.75) is 6.42 Å². The van der Waals surface area contributed by atoms with Crippen LogP contribution in [0.3, 0.4) is 0 Å². The topological polar surface area (TPSA) is 86.9 Å². The molecule has 94 valence electrons. The van der Waals surface area contributed by atoms with Crippen molar-refractivity contribution in [2.24, 2.45) is 11.5 Å². The average molecular weight is 248 g/mol. The second-order valence-electron chi connectivity index (χ2n) is 3.86. The fourth-order valence-corrected chi connectivity index (χ4v) is 1.64. The molecule has 0 radical (unpaired) electrons. The van der Waals surface area contributed by atoms with Crippen LogP contribution >= 0.6 is 0 Å². The standard InChI is InChI=1S/C12H13FN4O/c13-10-5-8(3-4-14)1-2-11(10)17-7-9(6-16-17)12(15)18/h1-2,5-7H,3-4,14H2,(H2,15,18). The Kier molecular flexibility index (Phi) is 3.38. The van der Waals surface area contributed by atoms with Gasteiger partial charge in [-0.25, -0.2) is 9.07 Å². The van der Waals surface area contributed by atoms with Gasteiger partial charge in [0, 0.05) is 6.20 Å². The summed E-state index contributed by atoms with van der Waals surface area (Å²) in [4.78, 5) is 10.9. The molecule has 0 aliphatic carbocycles. The Bertz CT molecular complexity index is 579. The summed E-state index contributed by atoms with van der Waals surface area (Å²) in [5, 5.41) is 3.90. The van der Waals surface area contributed by atoms with Crippen LogP contribution in [-0.2, 0) is 6.42 Å². The summed E-state index contributed by atoms with van der Waals surface area (Å²) in [6.45, 7) is 0.465. The number of hydrogen-bond donors (Lipinski definition) is 2. The lowest BCUT2D eigenvalue weighted by atomic mass is 10.1. The molecule has 0 atom stereocenters. The maximum atomic E-state index is 13.9. The van der Waals surface area contributed by atoms with E-state index in [1.807, 2.05) is 0 Å². The molecule has 0 spiro atoms. The van der Waals surface area contributed by atoms with E-state index in [9.17, 15) is 9.18 Å². The number of carbonyl (C=O) groups excluding carboxylic acids is 1. The molecular formula is C12H13FN4O. The van der Waals surface area contributed by atoms with E-state index in [0.29, 0.717) is 13.0 Å². The van der Waals surface area contributed by atoms with Gasteiger partial charge in [-0.05, 0) is 30.7 Å². The van der Waals surface area contributed by atoms with E-state index in [-0.39, 0.29) is 11.3 Å². The summed E-state index contributed by atoms with van der Waals surface area (Å²) in [6, 6.07) is 4.78. The predicted octanol–water partition coefficient (Wildman–Crippen LogP) is 0.611. The van der Waals surface area contributed by atoms with Crippen LogP contribution in [0.15, 0.2) is 30.6 Å². The summed E-state index contributed by atoms with van der Waals surface area (Å²) < 4.78 is 15.1. The first-order valence-electron chi connectivity index (χ1n) is 5.45. The molecule has 0 unspecified atom stereocenters. The molecule has 1 heterocycles. The molecule has 1 amide bonds. The fraction of sp³-hybridized carbons (Fsp3) is 0.167. The minimum atomic E-state index is -0.596. The Labute approximate surface area is 103 Å². The van der Waals surface area contributed by atoms with Crippen molar-refractivity contribution < 1.29 is 9.18 Å². The summed E-state index contributed by atoms with van der Waals surface area (Å²) in [6.07, 6.45) is 3.31. The molecule has 0 saturated carbocycles. The number of benzene rings is 1. The molecule has 1 aromatic heterocycles. The summed E-state index contributed by atoms with van der Waals surface area (Å²) >= 11 is 0. The van der Waals surface area contributed by atoms with E-state index >= 15 is 0 Å². The van der Waals surface area contributed by atoms with E-state index in [4.69, 9.17) is 11.5 Å². The number of rotatable bonds is 4. The van der Waals surface area contributed by atoms with Crippen molar-refractivity contribution in [3.8, 4) is 5.69 Å². The molecule has 0 aliphatic rings. The average Bonchev–Trinajstić information content (AvgIpc) is 2.79. The van der Waals surface area contributed by atoms with E-state index in [1.54, 1.807) is 12.1 Å². The van der Waals surface area contributed by atoms with Crippen molar-refractivity contribution in [1.82, 2.24) is 9.78 Å². The molecule has 0 aliphatic heterocycles. The third-order valence-electron chi connectivity index (χ3n) is 2.56. The smallest absolute Gasteiger partial charge is 0.251 e. The number of amides is 1. The molecule has 6 heteroatoms. The second kappa shape index (κ2) is 4.97. The zero-order valence-corrected chi connectivity index (χ0v) is 9.64. The summed E-state index contributed by atoms with van der Waals surface area (Å²) in [7, 11) is 0. The van der Waals surface area contributed by atoms with E-state index in [0.717, 1.165) is 5.56 Å². The molecule has 4 N–H and O–H groups in total. The molecular weight excluding hydrogens is 235 g/mol.